The zero-order valence-corrected chi connectivity index (χ0v) is 11.4. The van der Waals surface area contributed by atoms with Crippen LogP contribution >= 0.6 is 12.4 Å². The van der Waals surface area contributed by atoms with Gasteiger partial charge in [-0.25, -0.2) is 4.79 Å². The van der Waals surface area contributed by atoms with Gasteiger partial charge in [-0.05, 0) is 24.6 Å². The molecular weight excluding hydrogens is 280 g/mol. The number of ether oxygens (including phenoxy) is 2. The van der Waals surface area contributed by atoms with E-state index in [1.807, 2.05) is 0 Å². The van der Waals surface area contributed by atoms with Crippen LogP contribution in [0.4, 0.5) is 8.78 Å². The highest BCUT2D eigenvalue weighted by atomic mass is 35.5. The van der Waals surface area contributed by atoms with Crippen molar-refractivity contribution < 1.29 is 23.0 Å². The molecule has 0 radical (unpaired) electrons. The van der Waals surface area contributed by atoms with E-state index in [1.54, 1.807) is 6.07 Å². The Morgan fingerprint density at radius 3 is 2.63 bits per heavy atom. The minimum absolute atomic E-state index is 0. The van der Waals surface area contributed by atoms with Gasteiger partial charge in [-0.2, -0.15) is 8.78 Å². The van der Waals surface area contributed by atoms with E-state index in [0.717, 1.165) is 0 Å². The van der Waals surface area contributed by atoms with E-state index < -0.39 is 17.9 Å². The summed E-state index contributed by atoms with van der Waals surface area (Å²) < 4.78 is 36.6. The summed E-state index contributed by atoms with van der Waals surface area (Å²) in [6.45, 7) is 1.32. The van der Waals surface area contributed by atoms with Crippen molar-refractivity contribution in [1.29, 1.82) is 0 Å². The first kappa shape index (κ1) is 17.6. The van der Waals surface area contributed by atoms with Crippen LogP contribution in [-0.2, 0) is 9.53 Å². The van der Waals surface area contributed by atoms with Gasteiger partial charge in [-0.15, -0.1) is 12.4 Å². The van der Waals surface area contributed by atoms with Gasteiger partial charge in [0, 0.05) is 0 Å². The largest absolute Gasteiger partial charge is 0.497 e. The maximum Gasteiger partial charge on any atom is 0.379 e. The standard InChI is InChI=1S/C12H15F2NO3.ClH/c1-3-18-11(16)12(13,14)10(15)8-5-4-6-9(7-8)17-2;/h4-7,10H,3,15H2,1-2H3;1H/t10-;/m0./s1. The summed E-state index contributed by atoms with van der Waals surface area (Å²) >= 11 is 0. The molecule has 7 heteroatoms. The van der Waals surface area contributed by atoms with Crippen LogP contribution in [0, 0.1) is 0 Å². The van der Waals surface area contributed by atoms with E-state index in [1.165, 1.54) is 32.2 Å². The first-order valence-electron chi connectivity index (χ1n) is 5.38. The molecule has 0 fully saturated rings. The highest BCUT2D eigenvalue weighted by Crippen LogP contribution is 2.31. The molecule has 0 bridgehead atoms. The summed E-state index contributed by atoms with van der Waals surface area (Å²) in [5.41, 5.74) is 5.53. The molecule has 0 aliphatic heterocycles. The van der Waals surface area contributed by atoms with Gasteiger partial charge >= 0.3 is 11.9 Å². The predicted molar refractivity (Wildman–Crippen MR) is 68.8 cm³/mol. The van der Waals surface area contributed by atoms with E-state index in [9.17, 15) is 13.6 Å². The summed E-state index contributed by atoms with van der Waals surface area (Å²) in [4.78, 5) is 11.2. The van der Waals surface area contributed by atoms with Crippen molar-refractivity contribution in [2.24, 2.45) is 5.73 Å². The Labute approximate surface area is 116 Å². The number of alkyl halides is 2. The average molecular weight is 296 g/mol. The lowest BCUT2D eigenvalue weighted by molar-refractivity contribution is -0.174. The third kappa shape index (κ3) is 4.04. The second-order valence-electron chi connectivity index (χ2n) is 3.60. The molecule has 1 rings (SSSR count). The Kier molecular flexibility index (Phi) is 6.72. The lowest BCUT2D eigenvalue weighted by atomic mass is 10.0. The third-order valence-corrected chi connectivity index (χ3v) is 2.39. The maximum absolute atomic E-state index is 13.7. The van der Waals surface area contributed by atoms with Crippen LogP contribution in [0.1, 0.15) is 18.5 Å². The third-order valence-electron chi connectivity index (χ3n) is 2.39. The molecule has 4 nitrogen and oxygen atoms in total. The second-order valence-corrected chi connectivity index (χ2v) is 3.60. The van der Waals surface area contributed by atoms with Gasteiger partial charge in [0.2, 0.25) is 0 Å². The van der Waals surface area contributed by atoms with Gasteiger partial charge in [0.1, 0.15) is 11.8 Å². The van der Waals surface area contributed by atoms with Gasteiger partial charge in [-0.1, -0.05) is 12.1 Å². The molecule has 0 amide bonds. The molecule has 0 spiro atoms. The Morgan fingerprint density at radius 1 is 1.47 bits per heavy atom. The quantitative estimate of drug-likeness (QED) is 0.847. The predicted octanol–water partition coefficient (Wildman–Crippen LogP) is 2.32. The smallest absolute Gasteiger partial charge is 0.379 e. The number of hydrogen-bond acceptors (Lipinski definition) is 4. The minimum Gasteiger partial charge on any atom is -0.497 e. The molecule has 0 aliphatic carbocycles. The Morgan fingerprint density at radius 2 is 2.11 bits per heavy atom. The van der Waals surface area contributed by atoms with Gasteiger partial charge in [-0.3, -0.25) is 0 Å². The van der Waals surface area contributed by atoms with Crippen molar-refractivity contribution in [3.05, 3.63) is 29.8 Å². The molecule has 108 valence electrons. The molecule has 0 saturated heterocycles. The van der Waals surface area contributed by atoms with Crippen LogP contribution in [0.25, 0.3) is 0 Å². The van der Waals surface area contributed by atoms with Crippen molar-refractivity contribution in [1.82, 2.24) is 0 Å². The molecular formula is C12H16ClF2NO3. The Balaban J connectivity index is 0.00000324. The van der Waals surface area contributed by atoms with E-state index in [4.69, 9.17) is 10.5 Å². The summed E-state index contributed by atoms with van der Waals surface area (Å²) in [5, 5.41) is 0. The van der Waals surface area contributed by atoms with Crippen molar-refractivity contribution in [3.8, 4) is 5.75 Å². The number of esters is 1. The number of methoxy groups -OCH3 is 1. The molecule has 2 N–H and O–H groups in total. The summed E-state index contributed by atoms with van der Waals surface area (Å²) in [6.07, 6.45) is 0. The number of nitrogens with two attached hydrogens (primary N) is 1. The number of rotatable bonds is 5. The van der Waals surface area contributed by atoms with Gasteiger partial charge in [0.05, 0.1) is 13.7 Å². The molecule has 0 aromatic heterocycles. The van der Waals surface area contributed by atoms with E-state index >= 15 is 0 Å². The summed E-state index contributed by atoms with van der Waals surface area (Å²) in [7, 11) is 1.41. The van der Waals surface area contributed by atoms with Crippen molar-refractivity contribution >= 4 is 18.4 Å². The van der Waals surface area contributed by atoms with Crippen LogP contribution in [0.3, 0.4) is 0 Å². The fraction of sp³-hybridized carbons (Fsp3) is 0.417. The van der Waals surface area contributed by atoms with E-state index in [0.29, 0.717) is 5.75 Å². The number of halogens is 3. The minimum atomic E-state index is -3.78. The molecule has 1 aromatic carbocycles. The molecule has 1 aromatic rings. The van der Waals surface area contributed by atoms with Crippen LogP contribution in [-0.4, -0.2) is 25.6 Å². The van der Waals surface area contributed by atoms with Crippen molar-refractivity contribution in [3.63, 3.8) is 0 Å². The fourth-order valence-electron chi connectivity index (χ4n) is 1.40. The fourth-order valence-corrected chi connectivity index (χ4v) is 1.40. The SMILES string of the molecule is CCOC(=O)C(F)(F)[C@@H](N)c1cccc(OC)c1.Cl. The topological polar surface area (TPSA) is 61.5 Å². The Hall–Kier alpha value is -1.40. The van der Waals surface area contributed by atoms with Crippen LogP contribution in [0.15, 0.2) is 24.3 Å². The highest BCUT2D eigenvalue weighted by Gasteiger charge is 2.47. The van der Waals surface area contributed by atoms with Crippen LogP contribution in [0.2, 0.25) is 0 Å². The first-order valence-corrected chi connectivity index (χ1v) is 5.38. The maximum atomic E-state index is 13.7. The molecule has 0 saturated carbocycles. The molecule has 0 unspecified atom stereocenters. The van der Waals surface area contributed by atoms with E-state index in [-0.39, 0.29) is 24.6 Å². The number of benzene rings is 1. The van der Waals surface area contributed by atoms with Gasteiger partial charge < -0.3 is 15.2 Å². The van der Waals surface area contributed by atoms with Crippen LogP contribution in [0.5, 0.6) is 5.75 Å². The average Bonchev–Trinajstić information content (AvgIpc) is 2.38. The monoisotopic (exact) mass is 295 g/mol. The number of hydrogen-bond donors (Lipinski definition) is 1. The van der Waals surface area contributed by atoms with Crippen LogP contribution < -0.4 is 10.5 Å². The normalized spacial score (nSPS) is 12.3. The lowest BCUT2D eigenvalue weighted by Gasteiger charge is -2.22. The van der Waals surface area contributed by atoms with Crippen molar-refractivity contribution in [2.45, 2.75) is 18.9 Å². The zero-order chi connectivity index (χ0) is 13.8. The molecule has 0 aliphatic rings. The van der Waals surface area contributed by atoms with Gasteiger partial charge in [0.15, 0.2) is 0 Å². The van der Waals surface area contributed by atoms with E-state index in [2.05, 4.69) is 4.74 Å². The number of carbonyl (C=O) groups is 1. The molecule has 1 atom stereocenters. The number of carbonyl (C=O) groups excluding carboxylic acids is 1. The summed E-state index contributed by atoms with van der Waals surface area (Å²) in [5.74, 6) is -5.01. The van der Waals surface area contributed by atoms with Crippen molar-refractivity contribution in [2.75, 3.05) is 13.7 Å². The highest BCUT2D eigenvalue weighted by molar-refractivity contribution is 5.85. The lowest BCUT2D eigenvalue weighted by Crippen LogP contribution is -2.41. The molecule has 0 heterocycles. The molecule has 19 heavy (non-hydrogen) atoms. The second kappa shape index (κ2) is 7.25. The zero-order valence-electron chi connectivity index (χ0n) is 10.6. The summed E-state index contributed by atoms with van der Waals surface area (Å²) in [6, 6.07) is 4.11. The van der Waals surface area contributed by atoms with Gasteiger partial charge in [0.25, 0.3) is 0 Å². The first-order chi connectivity index (χ1) is 8.43. The Bertz CT molecular complexity index is 429.